The maximum Gasteiger partial charge on any atom is 1.00 e. The van der Waals surface area contributed by atoms with Gasteiger partial charge >= 0.3 is 18.9 Å². The van der Waals surface area contributed by atoms with Crippen LogP contribution in [0.3, 0.4) is 0 Å². The van der Waals surface area contributed by atoms with Crippen LogP contribution in [0.4, 0.5) is 0 Å². The molecule has 144 valence electrons. The van der Waals surface area contributed by atoms with E-state index in [1.54, 1.807) is 6.61 Å². The second kappa shape index (κ2) is 8.67. The number of fused-ring (bicyclic) bond motifs is 2. The van der Waals surface area contributed by atoms with Crippen LogP contribution in [0, 0.1) is 34.8 Å². The van der Waals surface area contributed by atoms with Gasteiger partial charge in [-0.1, -0.05) is 85.5 Å². The summed E-state index contributed by atoms with van der Waals surface area (Å²) in [7, 11) is -1.69. The van der Waals surface area contributed by atoms with Crippen molar-refractivity contribution in [3.63, 3.8) is 0 Å². The van der Waals surface area contributed by atoms with E-state index in [4.69, 9.17) is 9.47 Å². The molecule has 0 aromatic rings. The van der Waals surface area contributed by atoms with Crippen molar-refractivity contribution in [1.29, 1.82) is 0 Å². The summed E-state index contributed by atoms with van der Waals surface area (Å²) in [5.41, 5.74) is 5.98. The molecule has 0 spiro atoms. The quantitative estimate of drug-likeness (QED) is 0.420. The molecule has 2 rings (SSSR count). The van der Waals surface area contributed by atoms with Crippen LogP contribution < -0.4 is 18.9 Å². The molecule has 1 aliphatic heterocycles. The second-order valence-electron chi connectivity index (χ2n) is 9.96. The van der Waals surface area contributed by atoms with Gasteiger partial charge in [0.1, 0.15) is 0 Å². The van der Waals surface area contributed by atoms with Gasteiger partial charge in [-0.3, -0.25) is 5.92 Å². The summed E-state index contributed by atoms with van der Waals surface area (Å²) >= 11 is 0. The summed E-state index contributed by atoms with van der Waals surface area (Å²) in [5.74, 6) is 3.96. The molecular formula is C22H39LiO2Si. The second-order valence-corrected chi connectivity index (χ2v) is 15.5. The summed E-state index contributed by atoms with van der Waals surface area (Å²) in [5, 5.41) is 0. The molecule has 1 saturated heterocycles. The molecule has 2 nitrogen and oxygen atoms in total. The third-order valence-corrected chi connectivity index (χ3v) is 14.2. The minimum atomic E-state index is -1.69. The predicted molar refractivity (Wildman–Crippen MR) is 109 cm³/mol. The first kappa shape index (κ1) is 24.2. The fourth-order valence-electron chi connectivity index (χ4n) is 5.60. The molecule has 3 atom stereocenters. The van der Waals surface area contributed by atoms with Crippen molar-refractivity contribution in [2.24, 2.45) is 16.7 Å². The Morgan fingerprint density at radius 2 is 1.58 bits per heavy atom. The van der Waals surface area contributed by atoms with E-state index in [1.807, 2.05) is 0 Å². The standard InChI is InChI=1S/C22H39O2Si.Li/c1-16(2)25(17(3)4,18(5)6)14-10-13-23-20-22(9)12-11-19(15-24-20)21(22,7)8;/h13,16-20H,11-12,15H2,1-9H3;/q-1;+1/t19-,20+,22+;/m1./s1. The van der Waals surface area contributed by atoms with E-state index in [0.29, 0.717) is 22.5 Å². The Hall–Kier alpha value is 0.164. The fraction of sp³-hybridized carbons (Fsp3) is 0.864. The molecule has 1 heterocycles. The molecule has 0 amide bonds. The van der Waals surface area contributed by atoms with Crippen molar-refractivity contribution in [2.75, 3.05) is 6.61 Å². The first-order chi connectivity index (χ1) is 11.5. The molecule has 26 heavy (non-hydrogen) atoms. The van der Waals surface area contributed by atoms with Crippen LogP contribution in [0.5, 0.6) is 0 Å². The molecule has 0 aromatic heterocycles. The molecule has 0 N–H and O–H groups in total. The zero-order valence-corrected chi connectivity index (χ0v) is 19.9. The summed E-state index contributed by atoms with van der Waals surface area (Å²) in [6.07, 6.45) is 2.27. The van der Waals surface area contributed by atoms with Crippen LogP contribution in [-0.4, -0.2) is 21.0 Å². The monoisotopic (exact) mass is 370 g/mol. The molecule has 2 fully saturated rings. The molecule has 0 radical (unpaired) electrons. The Morgan fingerprint density at radius 3 is 2.08 bits per heavy atom. The Bertz CT molecular complexity index is 510. The molecule has 0 aromatic carbocycles. The summed E-state index contributed by atoms with van der Waals surface area (Å²) < 4.78 is 12.2. The van der Waals surface area contributed by atoms with E-state index in [9.17, 15) is 0 Å². The first-order valence-corrected chi connectivity index (χ1v) is 12.3. The van der Waals surface area contributed by atoms with Crippen molar-refractivity contribution in [3.8, 4) is 11.5 Å². The topological polar surface area (TPSA) is 18.5 Å². The van der Waals surface area contributed by atoms with Crippen LogP contribution in [0.15, 0.2) is 0 Å². The van der Waals surface area contributed by atoms with E-state index in [1.165, 1.54) is 12.8 Å². The summed E-state index contributed by atoms with van der Waals surface area (Å²) in [6.45, 7) is 23.7. The van der Waals surface area contributed by atoms with E-state index < -0.39 is 8.07 Å². The van der Waals surface area contributed by atoms with Gasteiger partial charge in [-0.2, -0.15) is 0 Å². The van der Waals surface area contributed by atoms with Gasteiger partial charge < -0.3 is 15.0 Å². The predicted octanol–water partition coefficient (Wildman–Crippen LogP) is 3.19. The van der Waals surface area contributed by atoms with Crippen molar-refractivity contribution >= 4 is 8.07 Å². The Balaban J connectivity index is 0.00000338. The van der Waals surface area contributed by atoms with Gasteiger partial charge in [0.05, 0.1) is 6.61 Å². The SMILES string of the molecule is CC(C)[Si](C#C[CH-]O[C@H]1OC[C@H]2CC[C@]1(C)C2(C)C)(C(C)C)C(C)C.[Li+]. The number of hydrogen-bond donors (Lipinski definition) is 0. The minimum Gasteiger partial charge on any atom is -0.409 e. The number of hydrogen-bond acceptors (Lipinski definition) is 2. The van der Waals surface area contributed by atoms with Gasteiger partial charge in [-0.15, -0.1) is 0 Å². The largest absolute Gasteiger partial charge is 1.00 e. The Labute approximate surface area is 175 Å². The third kappa shape index (κ3) is 3.83. The van der Waals surface area contributed by atoms with Crippen LogP contribution >= 0.6 is 0 Å². The van der Waals surface area contributed by atoms with Crippen LogP contribution in [0.1, 0.15) is 75.2 Å². The minimum absolute atomic E-state index is 0. The summed E-state index contributed by atoms with van der Waals surface area (Å²) in [6, 6.07) is 0. The molecule has 0 unspecified atom stereocenters. The maximum atomic E-state index is 6.09. The zero-order chi connectivity index (χ0) is 19.0. The van der Waals surface area contributed by atoms with Crippen molar-refractivity contribution in [2.45, 2.75) is 98.1 Å². The van der Waals surface area contributed by atoms with Gasteiger partial charge in [0.25, 0.3) is 0 Å². The average Bonchev–Trinajstić information content (AvgIpc) is 2.63. The Kier molecular flexibility index (Phi) is 8.07. The van der Waals surface area contributed by atoms with E-state index in [-0.39, 0.29) is 36.0 Å². The van der Waals surface area contributed by atoms with Crippen LogP contribution in [0.25, 0.3) is 0 Å². The van der Waals surface area contributed by atoms with Gasteiger partial charge in [0.15, 0.2) is 6.29 Å². The molecule has 2 aliphatic rings. The Morgan fingerprint density at radius 1 is 1.04 bits per heavy atom. The third-order valence-electron chi connectivity index (χ3n) is 7.88. The number of ether oxygens (including phenoxy) is 2. The molecule has 1 saturated carbocycles. The van der Waals surface area contributed by atoms with E-state index in [2.05, 4.69) is 73.8 Å². The first-order valence-electron chi connectivity index (χ1n) is 10.1. The molecule has 2 bridgehead atoms. The number of rotatable bonds is 5. The van der Waals surface area contributed by atoms with Crippen LogP contribution in [-0.2, 0) is 9.47 Å². The van der Waals surface area contributed by atoms with Crippen molar-refractivity contribution < 1.29 is 28.3 Å². The van der Waals surface area contributed by atoms with E-state index in [0.717, 1.165) is 6.61 Å². The maximum absolute atomic E-state index is 6.09. The van der Waals surface area contributed by atoms with Crippen LogP contribution in [0.2, 0.25) is 16.6 Å². The van der Waals surface area contributed by atoms with Gasteiger partial charge in [0.2, 0.25) is 0 Å². The smallest absolute Gasteiger partial charge is 0.409 e. The molecular weight excluding hydrogens is 331 g/mol. The fourth-order valence-corrected chi connectivity index (χ4v) is 10.8. The zero-order valence-electron chi connectivity index (χ0n) is 18.9. The summed E-state index contributed by atoms with van der Waals surface area (Å²) in [4.78, 5) is 0. The van der Waals surface area contributed by atoms with Crippen molar-refractivity contribution in [3.05, 3.63) is 6.61 Å². The van der Waals surface area contributed by atoms with Gasteiger partial charge in [-0.05, 0) is 24.2 Å². The van der Waals surface area contributed by atoms with Crippen molar-refractivity contribution in [1.82, 2.24) is 0 Å². The van der Waals surface area contributed by atoms with Gasteiger partial charge in [0, 0.05) is 13.5 Å². The molecule has 1 aliphatic carbocycles. The normalized spacial score (nSPS) is 30.2. The molecule has 4 heteroatoms. The van der Waals surface area contributed by atoms with E-state index >= 15 is 0 Å². The average molecular weight is 371 g/mol. The van der Waals surface area contributed by atoms with Gasteiger partial charge in [-0.25, -0.2) is 0 Å².